The molecule has 4 aliphatic carbocycles. The summed E-state index contributed by atoms with van der Waals surface area (Å²) in [4.78, 5) is 4.57. The number of halogens is 1. The number of aliphatic imine (C=N–C) groups is 1. The molecular formula is C33H44FN3. The lowest BCUT2D eigenvalue weighted by molar-refractivity contribution is 0.0520. The van der Waals surface area contributed by atoms with Gasteiger partial charge in [0, 0.05) is 35.8 Å². The molecule has 4 fully saturated rings. The van der Waals surface area contributed by atoms with Crippen LogP contribution in [0.4, 0.5) is 4.39 Å². The fourth-order valence-corrected chi connectivity index (χ4v) is 7.27. The Labute approximate surface area is 223 Å². The van der Waals surface area contributed by atoms with Gasteiger partial charge in [0.15, 0.2) is 0 Å². The van der Waals surface area contributed by atoms with Crippen LogP contribution in [0.5, 0.6) is 0 Å². The van der Waals surface area contributed by atoms with Gasteiger partial charge in [-0.25, -0.2) is 4.39 Å². The smallest absolute Gasteiger partial charge is 0.127 e. The molecule has 0 radical (unpaired) electrons. The normalized spacial score (nSPS) is 30.8. The van der Waals surface area contributed by atoms with Crippen LogP contribution in [0.1, 0.15) is 63.6 Å². The highest BCUT2D eigenvalue weighted by atomic mass is 19.1. The lowest BCUT2D eigenvalue weighted by Crippen LogP contribution is -2.60. The summed E-state index contributed by atoms with van der Waals surface area (Å²) in [5.41, 5.74) is 15.2. The lowest BCUT2D eigenvalue weighted by atomic mass is 9.58. The average molecular weight is 502 g/mol. The third-order valence-electron chi connectivity index (χ3n) is 9.05. The fraction of sp³-hybridized carbons (Fsp3) is 0.485. The Hall–Kier alpha value is -2.72. The highest BCUT2D eigenvalue weighted by molar-refractivity contribution is 6.15. The number of benzene rings is 1. The van der Waals surface area contributed by atoms with E-state index in [1.165, 1.54) is 17.6 Å². The van der Waals surface area contributed by atoms with Gasteiger partial charge < -0.3 is 11.1 Å². The van der Waals surface area contributed by atoms with Crippen molar-refractivity contribution in [1.29, 1.82) is 0 Å². The van der Waals surface area contributed by atoms with Crippen molar-refractivity contribution in [3.05, 3.63) is 94.0 Å². The Kier molecular flexibility index (Phi) is 7.54. The van der Waals surface area contributed by atoms with Crippen LogP contribution in [-0.4, -0.2) is 24.3 Å². The first-order valence-electron chi connectivity index (χ1n) is 13.6. The molecule has 0 spiro atoms. The lowest BCUT2D eigenvalue weighted by Gasteiger charge is -2.52. The van der Waals surface area contributed by atoms with E-state index in [0.29, 0.717) is 34.9 Å². The van der Waals surface area contributed by atoms with E-state index in [-0.39, 0.29) is 17.4 Å². The number of aryl methyl sites for hydroxylation is 1. The summed E-state index contributed by atoms with van der Waals surface area (Å²) in [6.45, 7) is 21.0. The molecule has 0 aliphatic heterocycles. The molecule has 4 heteroatoms. The van der Waals surface area contributed by atoms with Gasteiger partial charge in [-0.3, -0.25) is 4.99 Å². The minimum absolute atomic E-state index is 0.0490. The van der Waals surface area contributed by atoms with Crippen molar-refractivity contribution >= 4 is 5.71 Å². The zero-order valence-corrected chi connectivity index (χ0v) is 23.7. The van der Waals surface area contributed by atoms with E-state index < -0.39 is 0 Å². The number of nitrogens with one attached hydrogen (secondary N) is 1. The molecular weight excluding hydrogens is 457 g/mol. The second-order valence-corrected chi connectivity index (χ2v) is 11.8. The molecule has 1 aromatic carbocycles. The molecule has 198 valence electrons. The van der Waals surface area contributed by atoms with Crippen molar-refractivity contribution in [3.63, 3.8) is 0 Å². The molecule has 1 aromatic rings. The minimum atomic E-state index is -0.222. The number of nitrogens with two attached hydrogens (primary N) is 1. The van der Waals surface area contributed by atoms with E-state index in [1.54, 1.807) is 20.0 Å². The summed E-state index contributed by atoms with van der Waals surface area (Å²) in [5.74, 6) is 1.81. The Morgan fingerprint density at radius 3 is 2.46 bits per heavy atom. The third-order valence-corrected chi connectivity index (χ3v) is 9.05. The Morgan fingerprint density at radius 2 is 1.86 bits per heavy atom. The van der Waals surface area contributed by atoms with E-state index in [0.717, 1.165) is 40.8 Å². The van der Waals surface area contributed by atoms with Gasteiger partial charge in [-0.2, -0.15) is 0 Å². The standard InChI is InChI=1S/C33H44FN3/c1-10-11-23(18(2)3)29(16-21(7)31(36-9)25-14-20(6)15-28(34)22(25)8)37-32-26-13-12-24(30(32)19(4)5)27-17-33(26,27)35/h10-11,14-16,24,26-27,30,32,37H,4,7,12-13,17,35H2,1-3,5-6,8-9H3/b11-10-,29-16+,36-31?. The molecule has 0 amide bonds. The summed E-state index contributed by atoms with van der Waals surface area (Å²) in [7, 11) is 1.75. The highest BCUT2D eigenvalue weighted by Gasteiger charge is 2.69. The summed E-state index contributed by atoms with van der Waals surface area (Å²) in [5, 5.41) is 3.99. The largest absolute Gasteiger partial charge is 0.381 e. The zero-order chi connectivity index (χ0) is 27.2. The molecule has 6 atom stereocenters. The summed E-state index contributed by atoms with van der Waals surface area (Å²) in [6.07, 6.45) is 9.84. The Morgan fingerprint density at radius 1 is 1.16 bits per heavy atom. The van der Waals surface area contributed by atoms with Crippen molar-refractivity contribution < 1.29 is 4.39 Å². The SMILES string of the molecule is C=C(/C=C(/NC1C(C(=C)C)C2CCC1C1(N)CC21)C(/C=C\C)=C(C)C)C(=NC)c1cc(C)cc(F)c1C. The van der Waals surface area contributed by atoms with E-state index in [4.69, 9.17) is 5.73 Å². The van der Waals surface area contributed by atoms with Crippen LogP contribution in [0.2, 0.25) is 0 Å². The van der Waals surface area contributed by atoms with E-state index >= 15 is 0 Å². The molecule has 4 saturated carbocycles. The van der Waals surface area contributed by atoms with Gasteiger partial charge in [0.1, 0.15) is 5.82 Å². The van der Waals surface area contributed by atoms with Gasteiger partial charge in [-0.1, -0.05) is 36.5 Å². The topological polar surface area (TPSA) is 50.4 Å². The maximum atomic E-state index is 14.6. The highest BCUT2D eigenvalue weighted by Crippen LogP contribution is 2.66. The molecule has 3 nitrogen and oxygen atoms in total. The summed E-state index contributed by atoms with van der Waals surface area (Å²) < 4.78 is 14.6. The van der Waals surface area contributed by atoms with Crippen LogP contribution < -0.4 is 11.1 Å². The molecule has 4 aliphatic rings. The van der Waals surface area contributed by atoms with Crippen LogP contribution in [0.25, 0.3) is 0 Å². The van der Waals surface area contributed by atoms with Gasteiger partial charge in [0.25, 0.3) is 0 Å². The Bertz CT molecular complexity index is 1240. The third kappa shape index (κ3) is 4.81. The van der Waals surface area contributed by atoms with Crippen molar-refractivity contribution in [1.82, 2.24) is 5.32 Å². The van der Waals surface area contributed by atoms with Crippen LogP contribution in [0, 0.1) is 43.3 Å². The first kappa shape index (κ1) is 27.3. The van der Waals surface area contributed by atoms with Crippen LogP contribution in [0.3, 0.4) is 0 Å². The van der Waals surface area contributed by atoms with E-state index in [1.807, 2.05) is 19.9 Å². The number of fused-ring (bicyclic) bond motifs is 2. The number of nitrogens with zero attached hydrogens (tertiary/aromatic N) is 1. The molecule has 0 saturated heterocycles. The number of hydrogen-bond acceptors (Lipinski definition) is 3. The van der Waals surface area contributed by atoms with Gasteiger partial charge >= 0.3 is 0 Å². The first-order valence-corrected chi connectivity index (χ1v) is 13.6. The molecule has 5 rings (SSSR count). The van der Waals surface area contributed by atoms with Crippen molar-refractivity contribution in [2.45, 2.75) is 72.4 Å². The van der Waals surface area contributed by atoms with Crippen molar-refractivity contribution in [2.24, 2.45) is 34.4 Å². The van der Waals surface area contributed by atoms with Crippen molar-refractivity contribution in [3.8, 4) is 0 Å². The molecule has 0 heterocycles. The Balaban J connectivity index is 1.78. The van der Waals surface area contributed by atoms with E-state index in [9.17, 15) is 4.39 Å². The van der Waals surface area contributed by atoms with Gasteiger partial charge in [0.05, 0.1) is 5.71 Å². The predicted octanol–water partition coefficient (Wildman–Crippen LogP) is 7.12. The fourth-order valence-electron chi connectivity index (χ4n) is 7.27. The average Bonchev–Trinajstić information content (AvgIpc) is 3.55. The number of hydrogen-bond donors (Lipinski definition) is 2. The van der Waals surface area contributed by atoms with E-state index in [2.05, 4.69) is 62.5 Å². The molecule has 0 aromatic heterocycles. The van der Waals surface area contributed by atoms with Gasteiger partial charge in [0.2, 0.25) is 0 Å². The zero-order valence-electron chi connectivity index (χ0n) is 23.7. The first-order chi connectivity index (χ1) is 17.4. The van der Waals surface area contributed by atoms with Crippen molar-refractivity contribution in [2.75, 3.05) is 7.05 Å². The second-order valence-electron chi connectivity index (χ2n) is 11.8. The quantitative estimate of drug-likeness (QED) is 0.226. The maximum Gasteiger partial charge on any atom is 0.127 e. The van der Waals surface area contributed by atoms with Gasteiger partial charge in [-0.15, -0.1) is 0 Å². The van der Waals surface area contributed by atoms with Gasteiger partial charge in [-0.05, 0) is 119 Å². The number of rotatable bonds is 8. The molecule has 2 bridgehead atoms. The minimum Gasteiger partial charge on any atom is -0.381 e. The van der Waals surface area contributed by atoms with Crippen LogP contribution in [-0.2, 0) is 0 Å². The summed E-state index contributed by atoms with van der Waals surface area (Å²) in [6, 6.07) is 3.77. The molecule has 6 unspecified atom stereocenters. The second kappa shape index (κ2) is 10.2. The monoisotopic (exact) mass is 501 g/mol. The predicted molar refractivity (Wildman–Crippen MR) is 155 cm³/mol. The molecule has 37 heavy (non-hydrogen) atoms. The van der Waals surface area contributed by atoms with Crippen LogP contribution >= 0.6 is 0 Å². The maximum absolute atomic E-state index is 14.6. The summed E-state index contributed by atoms with van der Waals surface area (Å²) >= 11 is 0. The molecule has 3 N–H and O–H groups in total. The van der Waals surface area contributed by atoms with Crippen LogP contribution in [0.15, 0.2) is 76.5 Å². The number of allylic oxidation sites excluding steroid dienone is 5.